The predicted octanol–water partition coefficient (Wildman–Crippen LogP) is 2.48. The molecule has 0 atom stereocenters. The van der Waals surface area contributed by atoms with E-state index in [0.717, 1.165) is 31.2 Å². The molecule has 0 aromatic heterocycles. The van der Waals surface area contributed by atoms with Crippen LogP contribution in [0.25, 0.3) is 0 Å². The lowest BCUT2D eigenvalue weighted by molar-refractivity contribution is -0.144. The van der Waals surface area contributed by atoms with E-state index in [0.29, 0.717) is 6.54 Å². The minimum absolute atomic E-state index is 0.632. The van der Waals surface area contributed by atoms with Gasteiger partial charge in [-0.1, -0.05) is 42.7 Å². The van der Waals surface area contributed by atoms with E-state index in [-0.39, 0.29) is 0 Å². The van der Waals surface area contributed by atoms with Crippen LogP contribution in [0.2, 0.25) is 0 Å². The average molecular weight is 233 g/mol. The van der Waals surface area contributed by atoms with Gasteiger partial charge in [-0.25, -0.2) is 0 Å². The van der Waals surface area contributed by atoms with Crippen molar-refractivity contribution in [2.75, 3.05) is 0 Å². The number of hydrogen-bond donors (Lipinski definition) is 2. The van der Waals surface area contributed by atoms with Gasteiger partial charge in [0.05, 0.1) is 0 Å². The van der Waals surface area contributed by atoms with Gasteiger partial charge in [0.2, 0.25) is 0 Å². The smallest absolute Gasteiger partial charge is 0.323 e. The van der Waals surface area contributed by atoms with Crippen LogP contribution in [0.3, 0.4) is 0 Å². The first-order valence-electron chi connectivity index (χ1n) is 6.16. The number of benzene rings is 1. The summed E-state index contributed by atoms with van der Waals surface area (Å²) < 4.78 is 0. The fourth-order valence-electron chi connectivity index (χ4n) is 2.42. The van der Waals surface area contributed by atoms with Crippen molar-refractivity contribution in [2.45, 2.75) is 44.7 Å². The first kappa shape index (κ1) is 12.1. The summed E-state index contributed by atoms with van der Waals surface area (Å²) >= 11 is 0. The zero-order valence-corrected chi connectivity index (χ0v) is 10.2. The fraction of sp³-hybridized carbons (Fsp3) is 0.500. The Labute approximate surface area is 102 Å². The third-order valence-corrected chi connectivity index (χ3v) is 3.62. The summed E-state index contributed by atoms with van der Waals surface area (Å²) in [5.41, 5.74) is 1.68. The van der Waals surface area contributed by atoms with Gasteiger partial charge in [-0.2, -0.15) is 0 Å². The second kappa shape index (κ2) is 4.88. The number of nitrogens with one attached hydrogen (secondary N) is 1. The van der Waals surface area contributed by atoms with Crippen LogP contribution in [-0.4, -0.2) is 16.6 Å². The highest BCUT2D eigenvalue weighted by atomic mass is 16.4. The molecule has 0 heterocycles. The highest BCUT2D eigenvalue weighted by Gasteiger charge is 2.40. The van der Waals surface area contributed by atoms with E-state index in [1.807, 2.05) is 19.1 Å². The molecule has 2 rings (SSSR count). The van der Waals surface area contributed by atoms with Crippen LogP contribution in [-0.2, 0) is 11.3 Å². The van der Waals surface area contributed by atoms with Gasteiger partial charge < -0.3 is 5.11 Å². The quantitative estimate of drug-likeness (QED) is 0.840. The molecule has 0 bridgehead atoms. The van der Waals surface area contributed by atoms with Gasteiger partial charge in [-0.15, -0.1) is 0 Å². The molecule has 0 unspecified atom stereocenters. The van der Waals surface area contributed by atoms with E-state index in [1.54, 1.807) is 0 Å². The van der Waals surface area contributed by atoms with Crippen LogP contribution >= 0.6 is 0 Å². The van der Waals surface area contributed by atoms with E-state index in [9.17, 15) is 9.90 Å². The number of rotatable bonds is 4. The fourth-order valence-corrected chi connectivity index (χ4v) is 2.42. The van der Waals surface area contributed by atoms with E-state index >= 15 is 0 Å². The molecule has 0 amide bonds. The normalized spacial score (nSPS) is 18.2. The molecule has 17 heavy (non-hydrogen) atoms. The van der Waals surface area contributed by atoms with Gasteiger partial charge in [0.1, 0.15) is 5.54 Å². The second-order valence-electron chi connectivity index (χ2n) is 4.93. The first-order valence-corrected chi connectivity index (χ1v) is 6.16. The molecule has 1 saturated carbocycles. The maximum atomic E-state index is 11.3. The molecule has 1 aromatic carbocycles. The molecule has 1 fully saturated rings. The molecule has 2 N–H and O–H groups in total. The van der Waals surface area contributed by atoms with Crippen molar-refractivity contribution < 1.29 is 9.90 Å². The number of hydrogen-bond acceptors (Lipinski definition) is 2. The van der Waals surface area contributed by atoms with Gasteiger partial charge in [-0.05, 0) is 25.3 Å². The Bertz CT molecular complexity index is 391. The lowest BCUT2D eigenvalue weighted by Gasteiger charge is -2.25. The Morgan fingerprint density at radius 3 is 2.41 bits per heavy atom. The van der Waals surface area contributed by atoms with Crippen LogP contribution in [0, 0.1) is 6.92 Å². The van der Waals surface area contributed by atoms with Gasteiger partial charge in [-0.3, -0.25) is 10.1 Å². The van der Waals surface area contributed by atoms with Crippen LogP contribution in [0.4, 0.5) is 0 Å². The summed E-state index contributed by atoms with van der Waals surface area (Å²) in [7, 11) is 0. The van der Waals surface area contributed by atoms with Crippen molar-refractivity contribution in [1.29, 1.82) is 0 Å². The Kier molecular flexibility index (Phi) is 3.48. The SMILES string of the molecule is Cc1ccc(CNC2(C(=O)O)CCCC2)cc1. The van der Waals surface area contributed by atoms with Gasteiger partial charge in [0.15, 0.2) is 0 Å². The zero-order valence-electron chi connectivity index (χ0n) is 10.2. The van der Waals surface area contributed by atoms with Gasteiger partial charge in [0, 0.05) is 6.54 Å². The van der Waals surface area contributed by atoms with Crippen LogP contribution in [0.1, 0.15) is 36.8 Å². The van der Waals surface area contributed by atoms with Crippen LogP contribution in [0.15, 0.2) is 24.3 Å². The summed E-state index contributed by atoms with van der Waals surface area (Å²) in [6.07, 6.45) is 3.50. The Morgan fingerprint density at radius 2 is 1.88 bits per heavy atom. The molecule has 3 heteroatoms. The maximum absolute atomic E-state index is 11.3. The Hall–Kier alpha value is -1.35. The van der Waals surface area contributed by atoms with E-state index in [2.05, 4.69) is 17.4 Å². The minimum atomic E-state index is -0.706. The molecule has 0 saturated heterocycles. The number of carboxylic acids is 1. The lowest BCUT2D eigenvalue weighted by atomic mass is 9.97. The summed E-state index contributed by atoms with van der Waals surface area (Å²) in [6, 6.07) is 8.21. The average Bonchev–Trinajstić information content (AvgIpc) is 2.78. The second-order valence-corrected chi connectivity index (χ2v) is 4.93. The van der Waals surface area contributed by atoms with E-state index < -0.39 is 11.5 Å². The third kappa shape index (κ3) is 2.67. The van der Waals surface area contributed by atoms with Crippen molar-refractivity contribution in [2.24, 2.45) is 0 Å². The molecule has 0 spiro atoms. The van der Waals surface area contributed by atoms with Crippen molar-refractivity contribution in [3.8, 4) is 0 Å². The van der Waals surface area contributed by atoms with Crippen molar-refractivity contribution >= 4 is 5.97 Å². The molecular weight excluding hydrogens is 214 g/mol. The third-order valence-electron chi connectivity index (χ3n) is 3.62. The minimum Gasteiger partial charge on any atom is -0.480 e. The van der Waals surface area contributed by atoms with Gasteiger partial charge >= 0.3 is 5.97 Å². The molecule has 0 radical (unpaired) electrons. The van der Waals surface area contributed by atoms with E-state index in [4.69, 9.17) is 0 Å². The van der Waals surface area contributed by atoms with Crippen molar-refractivity contribution in [3.05, 3.63) is 35.4 Å². The topological polar surface area (TPSA) is 49.3 Å². The number of carbonyl (C=O) groups is 1. The summed E-state index contributed by atoms with van der Waals surface area (Å²) in [6.45, 7) is 2.68. The summed E-state index contributed by atoms with van der Waals surface area (Å²) in [5, 5.41) is 12.6. The van der Waals surface area contributed by atoms with Crippen LogP contribution in [0.5, 0.6) is 0 Å². The predicted molar refractivity (Wildman–Crippen MR) is 66.9 cm³/mol. The number of aryl methyl sites for hydroxylation is 1. The maximum Gasteiger partial charge on any atom is 0.323 e. The van der Waals surface area contributed by atoms with Crippen LogP contribution < -0.4 is 5.32 Å². The molecule has 92 valence electrons. The standard InChI is InChI=1S/C14H19NO2/c1-11-4-6-12(7-5-11)10-15-14(13(16)17)8-2-3-9-14/h4-7,15H,2-3,8-10H2,1H3,(H,16,17). The Morgan fingerprint density at radius 1 is 1.29 bits per heavy atom. The molecule has 1 aliphatic carbocycles. The highest BCUT2D eigenvalue weighted by molar-refractivity contribution is 5.79. The summed E-state index contributed by atoms with van der Waals surface area (Å²) in [4.78, 5) is 11.3. The number of aliphatic carboxylic acids is 1. The highest BCUT2D eigenvalue weighted by Crippen LogP contribution is 2.30. The zero-order chi connectivity index (χ0) is 12.3. The first-order chi connectivity index (χ1) is 8.12. The summed E-state index contributed by atoms with van der Waals surface area (Å²) in [5.74, 6) is -0.706. The molecule has 3 nitrogen and oxygen atoms in total. The van der Waals surface area contributed by atoms with Gasteiger partial charge in [0.25, 0.3) is 0 Å². The largest absolute Gasteiger partial charge is 0.480 e. The van der Waals surface area contributed by atoms with E-state index in [1.165, 1.54) is 5.56 Å². The molecule has 0 aliphatic heterocycles. The van der Waals surface area contributed by atoms with Crippen molar-refractivity contribution in [3.63, 3.8) is 0 Å². The molecule has 1 aromatic rings. The molecule has 1 aliphatic rings. The lowest BCUT2D eigenvalue weighted by Crippen LogP contribution is -2.49. The molecular formula is C14H19NO2. The van der Waals surface area contributed by atoms with Crippen molar-refractivity contribution in [1.82, 2.24) is 5.32 Å². The monoisotopic (exact) mass is 233 g/mol. The Balaban J connectivity index is 2.00. The number of carboxylic acid groups (broad SMARTS) is 1.